The molecule has 0 radical (unpaired) electrons. The number of non-ortho nitro benzene ring substituents is 1. The van der Waals surface area contributed by atoms with Crippen LogP contribution >= 0.6 is 0 Å². The molecule has 0 saturated carbocycles. The Morgan fingerprint density at radius 1 is 1.36 bits per heavy atom. The van der Waals surface area contributed by atoms with Crippen LogP contribution in [0, 0.1) is 10.1 Å². The van der Waals surface area contributed by atoms with E-state index >= 15 is 0 Å². The Morgan fingerprint density at radius 3 is 2.41 bits per heavy atom. The van der Waals surface area contributed by atoms with Crippen LogP contribution in [0.2, 0.25) is 0 Å². The number of carboxylic acid groups (broad SMARTS) is 1. The van der Waals surface area contributed by atoms with Crippen LogP contribution in [0.5, 0.6) is 0 Å². The SMILES string of the molecule is CC(C)(C)N(C(=O)O)[C@@H]1CCN(c2ccc([N+](=O)[O-])cc2)C1. The third-order valence-electron chi connectivity index (χ3n) is 3.88. The first-order valence-electron chi connectivity index (χ1n) is 7.22. The minimum Gasteiger partial charge on any atom is -0.465 e. The molecule has 7 nitrogen and oxygen atoms in total. The Bertz CT molecular complexity index is 565. The van der Waals surface area contributed by atoms with Crippen molar-refractivity contribution in [3.05, 3.63) is 34.4 Å². The van der Waals surface area contributed by atoms with Crippen molar-refractivity contribution in [2.75, 3.05) is 18.0 Å². The molecular formula is C15H21N3O4. The molecule has 2 rings (SSSR count). The van der Waals surface area contributed by atoms with Crippen molar-refractivity contribution in [2.45, 2.75) is 38.8 Å². The number of amides is 1. The summed E-state index contributed by atoms with van der Waals surface area (Å²) in [6.07, 6.45) is -0.163. The average Bonchev–Trinajstić information content (AvgIpc) is 2.85. The molecule has 1 aromatic rings. The number of nitrogens with zero attached hydrogens (tertiary/aromatic N) is 3. The number of nitro benzene ring substituents is 1. The van der Waals surface area contributed by atoms with Gasteiger partial charge in [-0.25, -0.2) is 4.79 Å². The largest absolute Gasteiger partial charge is 0.465 e. The Hall–Kier alpha value is -2.31. The fraction of sp³-hybridized carbons (Fsp3) is 0.533. The Morgan fingerprint density at radius 2 is 1.95 bits per heavy atom. The second-order valence-electron chi connectivity index (χ2n) is 6.49. The molecule has 1 aromatic carbocycles. The van der Waals surface area contributed by atoms with Gasteiger partial charge in [-0.2, -0.15) is 0 Å². The van der Waals surface area contributed by atoms with E-state index < -0.39 is 16.6 Å². The van der Waals surface area contributed by atoms with Crippen molar-refractivity contribution < 1.29 is 14.8 Å². The van der Waals surface area contributed by atoms with Crippen LogP contribution in [0.15, 0.2) is 24.3 Å². The number of hydrogen-bond acceptors (Lipinski definition) is 4. The van der Waals surface area contributed by atoms with E-state index in [0.717, 1.165) is 18.7 Å². The Balaban J connectivity index is 2.12. The molecule has 0 unspecified atom stereocenters. The number of carbonyl (C=O) groups is 1. The highest BCUT2D eigenvalue weighted by Gasteiger charge is 2.37. The number of anilines is 1. The first-order valence-corrected chi connectivity index (χ1v) is 7.22. The first-order chi connectivity index (χ1) is 10.2. The quantitative estimate of drug-likeness (QED) is 0.685. The van der Waals surface area contributed by atoms with Crippen molar-refractivity contribution >= 4 is 17.5 Å². The van der Waals surface area contributed by atoms with Gasteiger partial charge in [-0.15, -0.1) is 0 Å². The summed E-state index contributed by atoms with van der Waals surface area (Å²) < 4.78 is 0. The summed E-state index contributed by atoms with van der Waals surface area (Å²) in [5.74, 6) is 0. The van der Waals surface area contributed by atoms with Crippen LogP contribution in [0.1, 0.15) is 27.2 Å². The highest BCUT2D eigenvalue weighted by Crippen LogP contribution is 2.28. The molecule has 1 fully saturated rings. The molecule has 1 aliphatic rings. The molecule has 1 aliphatic heterocycles. The minimum atomic E-state index is -0.914. The van der Waals surface area contributed by atoms with E-state index in [1.54, 1.807) is 12.1 Å². The molecule has 0 spiro atoms. The molecule has 0 aliphatic carbocycles. The van der Waals surface area contributed by atoms with Gasteiger partial charge >= 0.3 is 6.09 Å². The lowest BCUT2D eigenvalue weighted by Gasteiger charge is -2.38. The molecule has 1 saturated heterocycles. The van der Waals surface area contributed by atoms with Crippen LogP contribution in [0.4, 0.5) is 16.2 Å². The van der Waals surface area contributed by atoms with E-state index in [4.69, 9.17) is 0 Å². The van der Waals surface area contributed by atoms with Gasteiger partial charge in [0.25, 0.3) is 5.69 Å². The lowest BCUT2D eigenvalue weighted by Crippen LogP contribution is -2.52. The van der Waals surface area contributed by atoms with Crippen LogP contribution in [0.25, 0.3) is 0 Å². The smallest absolute Gasteiger partial charge is 0.408 e. The minimum absolute atomic E-state index is 0.0568. The maximum atomic E-state index is 11.5. The summed E-state index contributed by atoms with van der Waals surface area (Å²) in [5, 5.41) is 20.1. The average molecular weight is 307 g/mol. The van der Waals surface area contributed by atoms with Gasteiger partial charge in [0.1, 0.15) is 0 Å². The molecule has 7 heteroatoms. The maximum Gasteiger partial charge on any atom is 0.408 e. The van der Waals surface area contributed by atoms with E-state index in [1.165, 1.54) is 17.0 Å². The summed E-state index contributed by atoms with van der Waals surface area (Å²) in [5.41, 5.74) is 0.482. The molecule has 1 N–H and O–H groups in total. The zero-order chi connectivity index (χ0) is 16.5. The van der Waals surface area contributed by atoms with Crippen LogP contribution in [-0.2, 0) is 0 Å². The zero-order valence-electron chi connectivity index (χ0n) is 13.0. The first kappa shape index (κ1) is 16.1. The van der Waals surface area contributed by atoms with Crippen molar-refractivity contribution in [3.8, 4) is 0 Å². The number of nitro groups is 1. The third kappa shape index (κ3) is 3.29. The fourth-order valence-electron chi connectivity index (χ4n) is 2.96. The highest BCUT2D eigenvalue weighted by molar-refractivity contribution is 5.67. The summed E-state index contributed by atoms with van der Waals surface area (Å²) in [7, 11) is 0. The van der Waals surface area contributed by atoms with Gasteiger partial charge in [-0.3, -0.25) is 15.0 Å². The molecule has 0 aromatic heterocycles. The van der Waals surface area contributed by atoms with Gasteiger partial charge in [-0.1, -0.05) is 0 Å². The highest BCUT2D eigenvalue weighted by atomic mass is 16.6. The van der Waals surface area contributed by atoms with Crippen LogP contribution in [-0.4, -0.2) is 45.7 Å². The van der Waals surface area contributed by atoms with E-state index in [1.807, 2.05) is 20.8 Å². The maximum absolute atomic E-state index is 11.5. The van der Waals surface area contributed by atoms with Crippen molar-refractivity contribution in [3.63, 3.8) is 0 Å². The number of rotatable bonds is 3. The summed E-state index contributed by atoms with van der Waals surface area (Å²) in [6.45, 7) is 6.99. The molecule has 0 bridgehead atoms. The van der Waals surface area contributed by atoms with E-state index in [2.05, 4.69) is 4.90 Å². The van der Waals surface area contributed by atoms with Gasteiger partial charge in [0.2, 0.25) is 0 Å². The van der Waals surface area contributed by atoms with Crippen molar-refractivity contribution in [1.82, 2.24) is 4.90 Å². The van der Waals surface area contributed by atoms with Gasteiger partial charge < -0.3 is 10.0 Å². The number of benzene rings is 1. The third-order valence-corrected chi connectivity index (χ3v) is 3.88. The molecule has 22 heavy (non-hydrogen) atoms. The molecule has 1 heterocycles. The van der Waals surface area contributed by atoms with E-state index in [9.17, 15) is 20.0 Å². The molecule has 1 amide bonds. The molecular weight excluding hydrogens is 286 g/mol. The van der Waals surface area contributed by atoms with E-state index in [-0.39, 0.29) is 11.7 Å². The summed E-state index contributed by atoms with van der Waals surface area (Å²) in [4.78, 5) is 25.3. The van der Waals surface area contributed by atoms with Gasteiger partial charge in [0.15, 0.2) is 0 Å². The zero-order valence-corrected chi connectivity index (χ0v) is 13.0. The second-order valence-corrected chi connectivity index (χ2v) is 6.49. The molecule has 1 atom stereocenters. The fourth-order valence-corrected chi connectivity index (χ4v) is 2.96. The van der Waals surface area contributed by atoms with Crippen molar-refractivity contribution in [2.24, 2.45) is 0 Å². The van der Waals surface area contributed by atoms with Crippen LogP contribution < -0.4 is 4.90 Å². The normalized spacial score (nSPS) is 18.3. The molecule has 120 valence electrons. The monoisotopic (exact) mass is 307 g/mol. The lowest BCUT2D eigenvalue weighted by atomic mass is 10.0. The lowest BCUT2D eigenvalue weighted by molar-refractivity contribution is -0.384. The number of hydrogen-bond donors (Lipinski definition) is 1. The van der Waals surface area contributed by atoms with Crippen LogP contribution in [0.3, 0.4) is 0 Å². The van der Waals surface area contributed by atoms with Gasteiger partial charge in [0, 0.05) is 36.4 Å². The van der Waals surface area contributed by atoms with E-state index in [0.29, 0.717) is 6.54 Å². The Labute approximate surface area is 129 Å². The van der Waals surface area contributed by atoms with Crippen molar-refractivity contribution in [1.29, 1.82) is 0 Å². The standard InChI is InChI=1S/C15H21N3O4/c1-15(2,3)17(14(19)20)13-8-9-16(10-13)11-4-6-12(7-5-11)18(21)22/h4-7,13H,8-10H2,1-3H3,(H,19,20)/t13-/m1/s1. The summed E-state index contributed by atoms with van der Waals surface area (Å²) in [6, 6.07) is 6.29. The predicted octanol–water partition coefficient (Wildman–Crippen LogP) is 2.95. The van der Waals surface area contributed by atoms with Gasteiger partial charge in [0.05, 0.1) is 11.0 Å². The second kappa shape index (κ2) is 5.82. The summed E-state index contributed by atoms with van der Waals surface area (Å²) >= 11 is 0. The predicted molar refractivity (Wildman–Crippen MR) is 83.3 cm³/mol. The van der Waals surface area contributed by atoms with Gasteiger partial charge in [-0.05, 0) is 39.3 Å². The Kier molecular flexibility index (Phi) is 4.25. The topological polar surface area (TPSA) is 86.9 Å².